The molecule has 1 N–H and O–H groups in total. The normalized spacial score (nSPS) is 15.2. The number of carbonyl (C=O) groups excluding carboxylic acids is 1. The number of aryl methyl sites for hydroxylation is 1. The summed E-state index contributed by atoms with van der Waals surface area (Å²) in [5, 5.41) is 12.7. The lowest BCUT2D eigenvalue weighted by molar-refractivity contribution is 0.102. The van der Waals surface area contributed by atoms with Gasteiger partial charge in [-0.25, -0.2) is 0 Å². The van der Waals surface area contributed by atoms with Gasteiger partial charge in [0.25, 0.3) is 5.91 Å². The quantitative estimate of drug-likeness (QED) is 0.889. The Kier molecular flexibility index (Phi) is 5.65. The number of aromatic nitrogens is 2. The molecule has 2 aromatic rings. The van der Waals surface area contributed by atoms with E-state index in [2.05, 4.69) is 20.4 Å². The molecular weight excluding hydrogens is 334 g/mol. The van der Waals surface area contributed by atoms with Crippen molar-refractivity contribution in [3.05, 3.63) is 34.3 Å². The predicted molar refractivity (Wildman–Crippen MR) is 102 cm³/mol. The van der Waals surface area contributed by atoms with E-state index in [4.69, 9.17) is 0 Å². The molecule has 6 nitrogen and oxygen atoms in total. The van der Waals surface area contributed by atoms with Gasteiger partial charge in [-0.1, -0.05) is 17.8 Å². The van der Waals surface area contributed by atoms with Gasteiger partial charge < -0.3 is 4.90 Å². The van der Waals surface area contributed by atoms with E-state index in [-0.39, 0.29) is 5.91 Å². The molecule has 0 aliphatic carbocycles. The monoisotopic (exact) mass is 359 g/mol. The summed E-state index contributed by atoms with van der Waals surface area (Å²) < 4.78 is 0. The second-order valence-electron chi connectivity index (χ2n) is 6.69. The van der Waals surface area contributed by atoms with Crippen molar-refractivity contribution in [1.29, 1.82) is 0 Å². The van der Waals surface area contributed by atoms with Crippen LogP contribution in [0.3, 0.4) is 0 Å². The Labute approximate surface area is 152 Å². The van der Waals surface area contributed by atoms with Crippen LogP contribution < -0.4 is 10.2 Å². The van der Waals surface area contributed by atoms with Crippen molar-refractivity contribution in [3.63, 3.8) is 0 Å². The Balaban J connectivity index is 1.62. The molecule has 1 saturated heterocycles. The largest absolute Gasteiger partial charge is 0.377 e. The molecule has 25 heavy (non-hydrogen) atoms. The second-order valence-corrected chi connectivity index (χ2v) is 7.75. The van der Waals surface area contributed by atoms with Crippen LogP contribution in [0.15, 0.2) is 18.2 Å². The maximum atomic E-state index is 12.5. The average Bonchev–Trinajstić information content (AvgIpc) is 3.02. The average molecular weight is 359 g/mol. The van der Waals surface area contributed by atoms with Crippen molar-refractivity contribution in [1.82, 2.24) is 15.1 Å². The van der Waals surface area contributed by atoms with Crippen molar-refractivity contribution < 1.29 is 4.79 Å². The molecule has 0 unspecified atom stereocenters. The molecule has 1 aromatic carbocycles. The van der Waals surface area contributed by atoms with Crippen LogP contribution in [0.4, 0.5) is 10.8 Å². The number of hydrogen-bond acceptors (Lipinski definition) is 6. The van der Waals surface area contributed by atoms with Gasteiger partial charge in [-0.3, -0.25) is 15.0 Å². The summed E-state index contributed by atoms with van der Waals surface area (Å²) in [6.45, 7) is 5.08. The Hall–Kier alpha value is -1.99. The lowest BCUT2D eigenvalue weighted by atomic mass is 10.1. The van der Waals surface area contributed by atoms with Gasteiger partial charge >= 0.3 is 0 Å². The number of likely N-dealkylation sites (tertiary alicyclic amines) is 1. The molecular formula is C18H25N5OS. The minimum absolute atomic E-state index is 0.144. The maximum Gasteiger partial charge on any atom is 0.257 e. The van der Waals surface area contributed by atoms with Crippen LogP contribution in [0.5, 0.6) is 0 Å². The van der Waals surface area contributed by atoms with Crippen molar-refractivity contribution >= 4 is 28.1 Å². The lowest BCUT2D eigenvalue weighted by Crippen LogP contribution is -2.28. The molecule has 1 aliphatic rings. The van der Waals surface area contributed by atoms with Gasteiger partial charge in [-0.05, 0) is 56.6 Å². The third kappa shape index (κ3) is 4.55. The second kappa shape index (κ2) is 7.93. The number of piperidine rings is 1. The highest BCUT2D eigenvalue weighted by Gasteiger charge is 2.15. The molecule has 134 valence electrons. The maximum absolute atomic E-state index is 12.5. The molecule has 3 rings (SSSR count). The lowest BCUT2D eigenvalue weighted by Gasteiger charge is -2.24. The van der Waals surface area contributed by atoms with Gasteiger partial charge in [0.1, 0.15) is 5.01 Å². The molecule has 0 saturated carbocycles. The summed E-state index contributed by atoms with van der Waals surface area (Å²) in [5.41, 5.74) is 2.81. The van der Waals surface area contributed by atoms with Crippen molar-refractivity contribution in [3.8, 4) is 0 Å². The number of carbonyl (C=O) groups is 1. The minimum Gasteiger partial charge on any atom is -0.377 e. The van der Waals surface area contributed by atoms with Crippen molar-refractivity contribution in [2.45, 2.75) is 32.7 Å². The summed E-state index contributed by atoms with van der Waals surface area (Å²) in [5.74, 6) is -0.144. The Bertz CT molecular complexity index is 737. The zero-order valence-electron chi connectivity index (χ0n) is 15.1. The van der Waals surface area contributed by atoms with Gasteiger partial charge in [0.15, 0.2) is 0 Å². The zero-order valence-corrected chi connectivity index (χ0v) is 15.9. The van der Waals surface area contributed by atoms with E-state index in [0.29, 0.717) is 10.7 Å². The van der Waals surface area contributed by atoms with Crippen LogP contribution in [0.1, 0.15) is 40.2 Å². The Morgan fingerprint density at radius 3 is 2.68 bits per heavy atom. The number of nitrogens with zero attached hydrogens (tertiary/aromatic N) is 4. The summed E-state index contributed by atoms with van der Waals surface area (Å²) in [6, 6.07) is 5.71. The number of amides is 1. The third-order valence-electron chi connectivity index (χ3n) is 4.44. The minimum atomic E-state index is -0.144. The van der Waals surface area contributed by atoms with E-state index in [0.717, 1.165) is 35.9 Å². The first-order valence-corrected chi connectivity index (χ1v) is 9.48. The molecule has 1 fully saturated rings. The molecule has 0 radical (unpaired) electrons. The number of hydrogen-bond donors (Lipinski definition) is 1. The summed E-state index contributed by atoms with van der Waals surface area (Å²) in [6.07, 6.45) is 3.83. The predicted octanol–water partition coefficient (Wildman–Crippen LogP) is 3.15. The fourth-order valence-electron chi connectivity index (χ4n) is 3.14. The van der Waals surface area contributed by atoms with Crippen LogP contribution in [-0.2, 0) is 6.54 Å². The van der Waals surface area contributed by atoms with Crippen molar-refractivity contribution in [2.24, 2.45) is 0 Å². The fourth-order valence-corrected chi connectivity index (χ4v) is 3.92. The molecule has 1 aliphatic heterocycles. The van der Waals surface area contributed by atoms with E-state index in [1.165, 1.54) is 30.6 Å². The van der Waals surface area contributed by atoms with Crippen LogP contribution in [0.25, 0.3) is 0 Å². The summed E-state index contributed by atoms with van der Waals surface area (Å²) in [7, 11) is 3.99. The molecule has 7 heteroatoms. The van der Waals surface area contributed by atoms with E-state index in [9.17, 15) is 4.79 Å². The van der Waals surface area contributed by atoms with Gasteiger partial charge in [0.2, 0.25) is 5.13 Å². The van der Waals surface area contributed by atoms with Crippen LogP contribution in [-0.4, -0.2) is 48.2 Å². The first-order chi connectivity index (χ1) is 12.0. The van der Waals surface area contributed by atoms with Crippen LogP contribution in [0, 0.1) is 6.92 Å². The summed E-state index contributed by atoms with van der Waals surface area (Å²) >= 11 is 1.46. The molecule has 1 amide bonds. The highest BCUT2D eigenvalue weighted by atomic mass is 32.1. The van der Waals surface area contributed by atoms with E-state index in [1.54, 1.807) is 0 Å². The van der Waals surface area contributed by atoms with Crippen molar-refractivity contribution in [2.75, 3.05) is 37.4 Å². The van der Waals surface area contributed by atoms with E-state index >= 15 is 0 Å². The number of nitrogens with one attached hydrogen (secondary N) is 1. The van der Waals surface area contributed by atoms with Gasteiger partial charge in [-0.2, -0.15) is 0 Å². The van der Waals surface area contributed by atoms with Gasteiger partial charge in [-0.15, -0.1) is 10.2 Å². The molecule has 2 heterocycles. The fraction of sp³-hybridized carbons (Fsp3) is 0.500. The number of rotatable bonds is 5. The SMILES string of the molecule is Cc1cc(C(=O)Nc2nnc(CN3CCCCC3)s2)ccc1N(C)C. The number of benzene rings is 1. The first kappa shape index (κ1) is 17.8. The highest BCUT2D eigenvalue weighted by Crippen LogP contribution is 2.22. The summed E-state index contributed by atoms with van der Waals surface area (Å²) in [4.78, 5) is 16.9. The van der Waals surface area contributed by atoms with Crippen LogP contribution >= 0.6 is 11.3 Å². The van der Waals surface area contributed by atoms with E-state index in [1.807, 2.05) is 44.1 Å². The standard InChI is InChI=1S/C18H25N5OS/c1-13-11-14(7-8-15(13)22(2)3)17(24)19-18-21-20-16(25-18)12-23-9-5-4-6-10-23/h7-8,11H,4-6,9-10,12H2,1-3H3,(H,19,21,24). The molecule has 1 aromatic heterocycles. The molecule has 0 bridgehead atoms. The van der Waals surface area contributed by atoms with Crippen LogP contribution in [0.2, 0.25) is 0 Å². The third-order valence-corrected chi connectivity index (χ3v) is 5.26. The molecule has 0 atom stereocenters. The zero-order chi connectivity index (χ0) is 17.8. The Morgan fingerprint density at radius 2 is 2.00 bits per heavy atom. The van der Waals surface area contributed by atoms with Gasteiger partial charge in [0.05, 0.1) is 6.54 Å². The van der Waals surface area contributed by atoms with E-state index < -0.39 is 0 Å². The smallest absolute Gasteiger partial charge is 0.257 e. The Morgan fingerprint density at radius 1 is 1.24 bits per heavy atom. The van der Waals surface area contributed by atoms with Gasteiger partial charge in [0, 0.05) is 25.3 Å². The highest BCUT2D eigenvalue weighted by molar-refractivity contribution is 7.15. The first-order valence-electron chi connectivity index (χ1n) is 8.67. The number of anilines is 2. The molecule has 0 spiro atoms. The topological polar surface area (TPSA) is 61.4 Å².